The van der Waals surface area contributed by atoms with Crippen LogP contribution in [0.3, 0.4) is 0 Å². The summed E-state index contributed by atoms with van der Waals surface area (Å²) < 4.78 is 4.90. The summed E-state index contributed by atoms with van der Waals surface area (Å²) in [5.74, 6) is 1.88. The molecule has 9 aromatic carbocycles. The van der Waals surface area contributed by atoms with E-state index in [9.17, 15) is 0 Å². The molecule has 0 aliphatic rings. The van der Waals surface area contributed by atoms with Gasteiger partial charge in [-0.3, -0.25) is 0 Å². The molecule has 5 heteroatoms. The summed E-state index contributed by atoms with van der Waals surface area (Å²) in [4.78, 5) is 15.4. The Balaban J connectivity index is 1.20. The van der Waals surface area contributed by atoms with Gasteiger partial charge >= 0.3 is 0 Å². The van der Waals surface area contributed by atoms with Crippen molar-refractivity contribution < 1.29 is 0 Å². The summed E-state index contributed by atoms with van der Waals surface area (Å²) in [6, 6.07) is 71.0. The van der Waals surface area contributed by atoms with Crippen LogP contribution in [-0.2, 0) is 0 Å². The summed E-state index contributed by atoms with van der Waals surface area (Å²) in [5, 5.41) is 9.65. The van der Waals surface area contributed by atoms with Crippen molar-refractivity contribution in [3.63, 3.8) is 0 Å². The average Bonchev–Trinajstić information content (AvgIpc) is 3.81. The number of nitrogens with zero attached hydrogens (tertiary/aromatic N) is 5. The van der Waals surface area contributed by atoms with Gasteiger partial charge in [-0.15, -0.1) is 0 Å². The molecular weight excluding hydrogens is 707 g/mol. The molecule has 0 bridgehead atoms. The molecule has 0 fully saturated rings. The van der Waals surface area contributed by atoms with Crippen molar-refractivity contribution in [1.82, 2.24) is 24.1 Å². The lowest BCUT2D eigenvalue weighted by molar-refractivity contribution is 1.06. The van der Waals surface area contributed by atoms with Gasteiger partial charge in [-0.05, 0) is 58.6 Å². The molecule has 12 rings (SSSR count). The minimum atomic E-state index is 0.615. The van der Waals surface area contributed by atoms with Crippen LogP contribution in [0.2, 0.25) is 0 Å². The zero-order valence-electron chi connectivity index (χ0n) is 31.3. The van der Waals surface area contributed by atoms with Crippen LogP contribution in [0.4, 0.5) is 0 Å². The average molecular weight is 740 g/mol. The van der Waals surface area contributed by atoms with Crippen LogP contribution in [-0.4, -0.2) is 24.1 Å². The number of hydrogen-bond donors (Lipinski definition) is 0. The third kappa shape index (κ3) is 4.93. The highest BCUT2D eigenvalue weighted by atomic mass is 15.1. The van der Waals surface area contributed by atoms with Crippen LogP contribution in [0.25, 0.3) is 111 Å². The maximum atomic E-state index is 5.20. The Morgan fingerprint density at radius 3 is 1.64 bits per heavy atom. The molecule has 12 aromatic rings. The molecule has 0 spiro atoms. The largest absolute Gasteiger partial charge is 0.308 e. The Hall–Kier alpha value is -7.89. The molecule has 0 saturated heterocycles. The Morgan fingerprint density at radius 1 is 0.310 bits per heavy atom. The fraction of sp³-hybridized carbons (Fsp3) is 0. The summed E-state index contributed by atoms with van der Waals surface area (Å²) in [7, 11) is 0. The maximum absolute atomic E-state index is 5.20. The van der Waals surface area contributed by atoms with E-state index in [1.807, 2.05) is 36.4 Å². The van der Waals surface area contributed by atoms with Gasteiger partial charge < -0.3 is 9.13 Å². The summed E-state index contributed by atoms with van der Waals surface area (Å²) in [6.45, 7) is 0. The minimum absolute atomic E-state index is 0.615. The van der Waals surface area contributed by atoms with Crippen LogP contribution < -0.4 is 0 Å². The van der Waals surface area contributed by atoms with E-state index in [4.69, 9.17) is 15.0 Å². The van der Waals surface area contributed by atoms with Crippen molar-refractivity contribution in [2.24, 2.45) is 0 Å². The lowest BCUT2D eigenvalue weighted by Crippen LogP contribution is -2.03. The molecule has 3 heterocycles. The van der Waals surface area contributed by atoms with E-state index in [1.165, 1.54) is 54.1 Å². The fourth-order valence-electron chi connectivity index (χ4n) is 8.95. The van der Waals surface area contributed by atoms with Crippen molar-refractivity contribution in [3.8, 4) is 45.5 Å². The van der Waals surface area contributed by atoms with Crippen LogP contribution >= 0.6 is 0 Å². The predicted octanol–water partition coefficient (Wildman–Crippen LogP) is 13.4. The van der Waals surface area contributed by atoms with Gasteiger partial charge in [0.2, 0.25) is 0 Å². The molecule has 0 amide bonds. The summed E-state index contributed by atoms with van der Waals surface area (Å²) >= 11 is 0. The first-order valence-corrected chi connectivity index (χ1v) is 19.6. The van der Waals surface area contributed by atoms with Crippen molar-refractivity contribution in [2.45, 2.75) is 0 Å². The van der Waals surface area contributed by atoms with Gasteiger partial charge in [-0.25, -0.2) is 15.0 Å². The van der Waals surface area contributed by atoms with Gasteiger partial charge in [0.25, 0.3) is 0 Å². The quantitative estimate of drug-likeness (QED) is 0.177. The molecule has 0 atom stereocenters. The number of para-hydroxylation sites is 2. The Bertz CT molecular complexity index is 3510. The second-order valence-electron chi connectivity index (χ2n) is 14.8. The van der Waals surface area contributed by atoms with Gasteiger partial charge in [-0.2, -0.15) is 0 Å². The van der Waals surface area contributed by atoms with Gasteiger partial charge in [0.15, 0.2) is 17.5 Å². The van der Waals surface area contributed by atoms with Crippen molar-refractivity contribution in [2.75, 3.05) is 0 Å². The lowest BCUT2D eigenvalue weighted by atomic mass is 10.0. The zero-order valence-corrected chi connectivity index (χ0v) is 31.3. The van der Waals surface area contributed by atoms with E-state index >= 15 is 0 Å². The molecule has 5 nitrogen and oxygen atoms in total. The van der Waals surface area contributed by atoms with E-state index in [0.717, 1.165) is 39.1 Å². The first-order valence-electron chi connectivity index (χ1n) is 19.6. The zero-order chi connectivity index (χ0) is 38.2. The van der Waals surface area contributed by atoms with E-state index in [2.05, 4.69) is 173 Å². The standard InChI is InChI=1S/C53H33N5/c1-3-17-35(18-4-1)51-54-52(36-19-5-2-6-20-36)56-53(55-51)42-25-12-14-27-45(42)57-46-28-15-29-47(49(46)43-32-37-21-7-8-22-38(37)33-48(43)57)58-44-26-13-11-24-40(44)41-31-30-34-16-9-10-23-39(34)50(41)58/h1-33H. The number of aromatic nitrogens is 5. The lowest BCUT2D eigenvalue weighted by Gasteiger charge is -2.15. The SMILES string of the molecule is c1ccc(-c2nc(-c3ccccc3)nc(-c3ccccc3-n3c4cc5ccccc5cc4c4c(-n5c6ccccc6c6ccc7ccccc7c65)cccc43)n2)cc1. The molecule has 58 heavy (non-hydrogen) atoms. The number of benzene rings is 9. The van der Waals surface area contributed by atoms with Crippen molar-refractivity contribution >= 4 is 65.2 Å². The Morgan fingerprint density at radius 2 is 0.879 bits per heavy atom. The molecule has 270 valence electrons. The number of rotatable bonds is 5. The normalized spacial score (nSPS) is 11.8. The van der Waals surface area contributed by atoms with E-state index in [0.29, 0.717) is 17.5 Å². The Labute approximate surface area is 333 Å². The Kier molecular flexibility index (Phi) is 7.16. The molecule has 0 aliphatic carbocycles. The second kappa shape index (κ2) is 12.8. The second-order valence-corrected chi connectivity index (χ2v) is 14.8. The molecule has 0 N–H and O–H groups in total. The predicted molar refractivity (Wildman–Crippen MR) is 240 cm³/mol. The fourth-order valence-corrected chi connectivity index (χ4v) is 8.95. The molecule has 0 radical (unpaired) electrons. The summed E-state index contributed by atoms with van der Waals surface area (Å²) in [5.41, 5.74) is 9.51. The van der Waals surface area contributed by atoms with Crippen LogP contribution in [0.15, 0.2) is 200 Å². The van der Waals surface area contributed by atoms with Gasteiger partial charge in [0.05, 0.1) is 33.4 Å². The van der Waals surface area contributed by atoms with Gasteiger partial charge in [0, 0.05) is 43.6 Å². The molecule has 3 aromatic heterocycles. The highest BCUT2D eigenvalue weighted by Crippen LogP contribution is 2.43. The topological polar surface area (TPSA) is 48.5 Å². The highest BCUT2D eigenvalue weighted by molar-refractivity contribution is 6.22. The van der Waals surface area contributed by atoms with Crippen LogP contribution in [0, 0.1) is 0 Å². The van der Waals surface area contributed by atoms with E-state index in [-0.39, 0.29) is 0 Å². The van der Waals surface area contributed by atoms with Crippen molar-refractivity contribution in [1.29, 1.82) is 0 Å². The monoisotopic (exact) mass is 739 g/mol. The minimum Gasteiger partial charge on any atom is -0.308 e. The third-order valence-electron chi connectivity index (χ3n) is 11.5. The first-order chi connectivity index (χ1) is 28.8. The molecule has 0 aliphatic heterocycles. The highest BCUT2D eigenvalue weighted by Gasteiger charge is 2.23. The van der Waals surface area contributed by atoms with Crippen LogP contribution in [0.5, 0.6) is 0 Å². The molecule has 0 unspecified atom stereocenters. The molecule has 0 saturated carbocycles. The maximum Gasteiger partial charge on any atom is 0.166 e. The van der Waals surface area contributed by atoms with E-state index in [1.54, 1.807) is 0 Å². The van der Waals surface area contributed by atoms with Gasteiger partial charge in [-0.1, -0.05) is 158 Å². The number of fused-ring (bicyclic) bond motifs is 9. The molecular formula is C53H33N5. The smallest absolute Gasteiger partial charge is 0.166 e. The number of hydrogen-bond acceptors (Lipinski definition) is 3. The van der Waals surface area contributed by atoms with Gasteiger partial charge in [0.1, 0.15) is 0 Å². The summed E-state index contributed by atoms with van der Waals surface area (Å²) in [6.07, 6.45) is 0. The van der Waals surface area contributed by atoms with Crippen molar-refractivity contribution in [3.05, 3.63) is 200 Å². The first kappa shape index (κ1) is 32.4. The van der Waals surface area contributed by atoms with E-state index < -0.39 is 0 Å². The third-order valence-corrected chi connectivity index (χ3v) is 11.5. The van der Waals surface area contributed by atoms with Crippen LogP contribution in [0.1, 0.15) is 0 Å².